The van der Waals surface area contributed by atoms with Gasteiger partial charge in [0.15, 0.2) is 0 Å². The maximum atomic E-state index is 13.1. The van der Waals surface area contributed by atoms with Gasteiger partial charge in [0.2, 0.25) is 0 Å². The van der Waals surface area contributed by atoms with Crippen LogP contribution in [0.15, 0.2) is 30.3 Å². The maximum Gasteiger partial charge on any atom is 0.254 e. The summed E-state index contributed by atoms with van der Waals surface area (Å²) in [6.07, 6.45) is 3.19. The van der Waals surface area contributed by atoms with Gasteiger partial charge >= 0.3 is 0 Å². The van der Waals surface area contributed by atoms with Crippen LogP contribution in [0.1, 0.15) is 52.6 Å². The number of likely N-dealkylation sites (tertiary alicyclic amines) is 1. The number of imidazole rings is 1. The lowest BCUT2D eigenvalue weighted by Gasteiger charge is -2.17. The Morgan fingerprint density at radius 2 is 1.93 bits per heavy atom. The van der Waals surface area contributed by atoms with Crippen molar-refractivity contribution in [2.45, 2.75) is 46.6 Å². The number of fused-ring (bicyclic) bond motifs is 1. The molecule has 0 spiro atoms. The number of rotatable bonds is 5. The lowest BCUT2D eigenvalue weighted by Crippen LogP contribution is -2.27. The molecule has 1 fully saturated rings. The summed E-state index contributed by atoms with van der Waals surface area (Å²) in [5, 5.41) is 3.60. The number of aryl methyl sites for hydroxylation is 4. The molecule has 0 bridgehead atoms. The molecule has 2 aromatic carbocycles. The van der Waals surface area contributed by atoms with Crippen LogP contribution in [0.4, 0.5) is 5.69 Å². The smallest absolute Gasteiger partial charge is 0.254 e. The van der Waals surface area contributed by atoms with E-state index < -0.39 is 0 Å². The Morgan fingerprint density at radius 1 is 1.17 bits per heavy atom. The van der Waals surface area contributed by atoms with Crippen LogP contribution < -0.4 is 5.32 Å². The SMILES string of the molecule is CCc1cccc(C)c1CNc1cc(C(=O)N2CCCC2)cc2c1nc(C)n2C. The van der Waals surface area contributed by atoms with E-state index in [2.05, 4.69) is 41.9 Å². The van der Waals surface area contributed by atoms with Gasteiger partial charge in [0.05, 0.1) is 11.2 Å². The van der Waals surface area contributed by atoms with Crippen molar-refractivity contribution in [1.29, 1.82) is 0 Å². The van der Waals surface area contributed by atoms with Crippen LogP contribution in [0, 0.1) is 13.8 Å². The standard InChI is InChI=1S/C24H30N4O/c1-5-18-10-8-9-16(2)20(18)15-25-21-13-19(24(29)28-11-6-7-12-28)14-22-23(21)26-17(3)27(22)4/h8-10,13-14,25H,5-7,11-12,15H2,1-4H3. The van der Waals surface area contributed by atoms with Crippen molar-refractivity contribution in [3.8, 4) is 0 Å². The summed E-state index contributed by atoms with van der Waals surface area (Å²) in [5.74, 6) is 1.07. The van der Waals surface area contributed by atoms with Crippen molar-refractivity contribution in [2.75, 3.05) is 18.4 Å². The van der Waals surface area contributed by atoms with Gasteiger partial charge < -0.3 is 14.8 Å². The molecule has 1 aliphatic rings. The summed E-state index contributed by atoms with van der Waals surface area (Å²) >= 11 is 0. The van der Waals surface area contributed by atoms with Crippen molar-refractivity contribution < 1.29 is 4.79 Å². The summed E-state index contributed by atoms with van der Waals surface area (Å²) in [5.41, 5.74) is 7.56. The number of hydrogen-bond donors (Lipinski definition) is 1. The summed E-state index contributed by atoms with van der Waals surface area (Å²) in [4.78, 5) is 19.8. The monoisotopic (exact) mass is 390 g/mol. The van der Waals surface area contributed by atoms with Gasteiger partial charge in [-0.25, -0.2) is 4.98 Å². The fourth-order valence-corrected chi connectivity index (χ4v) is 4.30. The van der Waals surface area contributed by atoms with E-state index in [4.69, 9.17) is 4.98 Å². The second-order valence-corrected chi connectivity index (χ2v) is 8.03. The third-order valence-electron chi connectivity index (χ3n) is 6.19. The van der Waals surface area contributed by atoms with Crippen LogP contribution in [0.2, 0.25) is 0 Å². The lowest BCUT2D eigenvalue weighted by atomic mass is 10.00. The van der Waals surface area contributed by atoms with Crippen LogP contribution in [0.3, 0.4) is 0 Å². The van der Waals surface area contributed by atoms with E-state index >= 15 is 0 Å². The number of anilines is 1. The highest BCUT2D eigenvalue weighted by atomic mass is 16.2. The number of carbonyl (C=O) groups is 1. The molecule has 1 amide bonds. The Bertz CT molecular complexity index is 1060. The molecule has 1 aliphatic heterocycles. The molecule has 0 atom stereocenters. The Kier molecular flexibility index (Phi) is 5.31. The van der Waals surface area contributed by atoms with Crippen molar-refractivity contribution in [2.24, 2.45) is 7.05 Å². The molecule has 29 heavy (non-hydrogen) atoms. The van der Waals surface area contributed by atoms with Crippen LogP contribution >= 0.6 is 0 Å². The second kappa shape index (κ2) is 7.90. The average Bonchev–Trinajstić information content (AvgIpc) is 3.35. The van der Waals surface area contributed by atoms with E-state index in [0.717, 1.165) is 67.0 Å². The quantitative estimate of drug-likeness (QED) is 0.693. The van der Waals surface area contributed by atoms with Gasteiger partial charge in [0.25, 0.3) is 5.91 Å². The first-order chi connectivity index (χ1) is 14.0. The van der Waals surface area contributed by atoms with E-state index in [1.54, 1.807) is 0 Å². The summed E-state index contributed by atoms with van der Waals surface area (Å²) in [6, 6.07) is 10.4. The van der Waals surface area contributed by atoms with Crippen molar-refractivity contribution >= 4 is 22.6 Å². The minimum Gasteiger partial charge on any atom is -0.379 e. The van der Waals surface area contributed by atoms with Crippen molar-refractivity contribution in [1.82, 2.24) is 14.5 Å². The molecule has 2 heterocycles. The topological polar surface area (TPSA) is 50.2 Å². The maximum absolute atomic E-state index is 13.1. The van der Waals surface area contributed by atoms with Crippen LogP contribution in [-0.4, -0.2) is 33.4 Å². The first-order valence-electron chi connectivity index (χ1n) is 10.6. The molecule has 0 radical (unpaired) electrons. The molecule has 5 heteroatoms. The number of amides is 1. The largest absolute Gasteiger partial charge is 0.379 e. The molecule has 5 nitrogen and oxygen atoms in total. The molecule has 0 saturated carbocycles. The van der Waals surface area contributed by atoms with Gasteiger partial charge in [-0.3, -0.25) is 4.79 Å². The fraction of sp³-hybridized carbons (Fsp3) is 0.417. The lowest BCUT2D eigenvalue weighted by molar-refractivity contribution is 0.0793. The fourth-order valence-electron chi connectivity index (χ4n) is 4.30. The molecule has 1 saturated heterocycles. The average molecular weight is 391 g/mol. The zero-order valence-electron chi connectivity index (χ0n) is 17.9. The number of hydrogen-bond acceptors (Lipinski definition) is 3. The molecular weight excluding hydrogens is 360 g/mol. The predicted molar refractivity (Wildman–Crippen MR) is 118 cm³/mol. The summed E-state index contributed by atoms with van der Waals surface area (Å²) in [6.45, 7) is 8.78. The third kappa shape index (κ3) is 3.61. The first kappa shape index (κ1) is 19.5. The van der Waals surface area contributed by atoms with E-state index in [9.17, 15) is 4.79 Å². The molecule has 1 aromatic heterocycles. The van der Waals surface area contributed by atoms with Gasteiger partial charge in [-0.05, 0) is 61.9 Å². The van der Waals surface area contributed by atoms with E-state index in [-0.39, 0.29) is 5.91 Å². The molecule has 0 unspecified atom stereocenters. The van der Waals surface area contributed by atoms with Gasteiger partial charge in [-0.1, -0.05) is 25.1 Å². The normalized spacial score (nSPS) is 14.0. The second-order valence-electron chi connectivity index (χ2n) is 8.03. The van der Waals surface area contributed by atoms with Crippen LogP contribution in [-0.2, 0) is 20.0 Å². The van der Waals surface area contributed by atoms with E-state index in [1.807, 2.05) is 31.0 Å². The number of aromatic nitrogens is 2. The number of nitrogens with one attached hydrogen (secondary N) is 1. The van der Waals surface area contributed by atoms with Gasteiger partial charge in [0, 0.05) is 32.2 Å². The van der Waals surface area contributed by atoms with Crippen LogP contribution in [0.5, 0.6) is 0 Å². The Morgan fingerprint density at radius 3 is 2.66 bits per heavy atom. The van der Waals surface area contributed by atoms with Crippen LogP contribution in [0.25, 0.3) is 11.0 Å². The number of nitrogens with zero attached hydrogens (tertiary/aromatic N) is 3. The molecule has 1 N–H and O–H groups in total. The number of benzene rings is 2. The van der Waals surface area contributed by atoms with E-state index in [0.29, 0.717) is 0 Å². The van der Waals surface area contributed by atoms with Crippen molar-refractivity contribution in [3.63, 3.8) is 0 Å². The summed E-state index contributed by atoms with van der Waals surface area (Å²) in [7, 11) is 2.01. The molecule has 3 aromatic rings. The molecule has 0 aliphatic carbocycles. The Balaban J connectivity index is 1.73. The zero-order valence-corrected chi connectivity index (χ0v) is 17.9. The third-order valence-corrected chi connectivity index (χ3v) is 6.19. The highest BCUT2D eigenvalue weighted by Crippen LogP contribution is 2.28. The zero-order chi connectivity index (χ0) is 20.5. The molecule has 4 rings (SSSR count). The van der Waals surface area contributed by atoms with Crippen molar-refractivity contribution in [3.05, 3.63) is 58.4 Å². The van der Waals surface area contributed by atoms with Gasteiger partial charge in [-0.2, -0.15) is 0 Å². The predicted octanol–water partition coefficient (Wildman–Crippen LogP) is 4.60. The Hall–Kier alpha value is -2.82. The van der Waals surface area contributed by atoms with Gasteiger partial charge in [-0.15, -0.1) is 0 Å². The summed E-state index contributed by atoms with van der Waals surface area (Å²) < 4.78 is 2.06. The number of carbonyl (C=O) groups excluding carboxylic acids is 1. The minimum atomic E-state index is 0.122. The van der Waals surface area contributed by atoms with Gasteiger partial charge in [0.1, 0.15) is 11.3 Å². The first-order valence-corrected chi connectivity index (χ1v) is 10.6. The minimum absolute atomic E-state index is 0.122. The van der Waals surface area contributed by atoms with E-state index in [1.165, 1.54) is 16.7 Å². The highest BCUT2D eigenvalue weighted by molar-refractivity contribution is 6.01. The molecular formula is C24H30N4O. The highest BCUT2D eigenvalue weighted by Gasteiger charge is 2.22. The Labute approximate surface area is 172 Å². The molecule has 152 valence electrons.